The number of carbonyl (C=O) groups is 1. The first-order valence-electron chi connectivity index (χ1n) is 5.16. The van der Waals surface area contributed by atoms with Crippen LogP contribution in [0.25, 0.3) is 0 Å². The maximum absolute atomic E-state index is 11.3. The average molecular weight is 214 g/mol. The number of hydrogen-bond acceptors (Lipinski definition) is 5. The van der Waals surface area contributed by atoms with Gasteiger partial charge in [-0.2, -0.15) is 0 Å². The lowest BCUT2D eigenvalue weighted by molar-refractivity contribution is -0.137. The standard InChI is InChI=1S/C10H18N2O3/c1-3-15-10(13)8-9(11-2)12-4-6-14-7-5-12/h8,11H,3-7H2,1-2H3/b9-8+. The number of hydrogen-bond donors (Lipinski definition) is 1. The number of morpholine rings is 1. The van der Waals surface area contributed by atoms with Gasteiger partial charge in [-0.3, -0.25) is 0 Å². The third-order valence-corrected chi connectivity index (χ3v) is 2.15. The van der Waals surface area contributed by atoms with E-state index < -0.39 is 0 Å². The van der Waals surface area contributed by atoms with Crippen molar-refractivity contribution < 1.29 is 14.3 Å². The fraction of sp³-hybridized carbons (Fsp3) is 0.700. The maximum atomic E-state index is 11.3. The van der Waals surface area contributed by atoms with E-state index in [9.17, 15) is 4.79 Å². The molecule has 86 valence electrons. The quantitative estimate of drug-likeness (QED) is 0.525. The molecule has 0 aromatic rings. The van der Waals surface area contributed by atoms with Crippen LogP contribution in [0.15, 0.2) is 11.9 Å². The zero-order valence-corrected chi connectivity index (χ0v) is 9.28. The van der Waals surface area contributed by atoms with E-state index in [4.69, 9.17) is 9.47 Å². The Labute approximate surface area is 90.0 Å². The highest BCUT2D eigenvalue weighted by Crippen LogP contribution is 2.04. The lowest BCUT2D eigenvalue weighted by atomic mass is 10.4. The highest BCUT2D eigenvalue weighted by molar-refractivity contribution is 5.82. The van der Waals surface area contributed by atoms with Crippen LogP contribution >= 0.6 is 0 Å². The van der Waals surface area contributed by atoms with E-state index in [1.165, 1.54) is 6.08 Å². The van der Waals surface area contributed by atoms with Crippen LogP contribution in [0, 0.1) is 0 Å². The molecule has 0 aliphatic carbocycles. The summed E-state index contributed by atoms with van der Waals surface area (Å²) in [5.41, 5.74) is 0. The van der Waals surface area contributed by atoms with Gasteiger partial charge in [0.15, 0.2) is 0 Å². The second kappa shape index (κ2) is 6.29. The van der Waals surface area contributed by atoms with Crippen LogP contribution in [-0.2, 0) is 14.3 Å². The Hall–Kier alpha value is -1.23. The summed E-state index contributed by atoms with van der Waals surface area (Å²) in [5.74, 6) is 0.477. The van der Waals surface area contributed by atoms with Crippen LogP contribution in [0.3, 0.4) is 0 Å². The van der Waals surface area contributed by atoms with E-state index in [1.54, 1.807) is 14.0 Å². The second-order valence-electron chi connectivity index (χ2n) is 3.13. The molecular weight excluding hydrogens is 196 g/mol. The zero-order valence-electron chi connectivity index (χ0n) is 9.28. The lowest BCUT2D eigenvalue weighted by Gasteiger charge is -2.30. The molecular formula is C10H18N2O3. The van der Waals surface area contributed by atoms with Gasteiger partial charge in [0.1, 0.15) is 5.82 Å². The van der Waals surface area contributed by atoms with Gasteiger partial charge in [-0.25, -0.2) is 4.79 Å². The summed E-state index contributed by atoms with van der Waals surface area (Å²) in [6.07, 6.45) is 1.48. The van der Waals surface area contributed by atoms with Gasteiger partial charge in [-0.05, 0) is 6.92 Å². The first kappa shape index (κ1) is 11.8. The molecule has 1 fully saturated rings. The van der Waals surface area contributed by atoms with Gasteiger partial charge in [0.2, 0.25) is 0 Å². The minimum atomic E-state index is -0.312. The van der Waals surface area contributed by atoms with Crippen LogP contribution in [0.5, 0.6) is 0 Å². The molecule has 0 aromatic heterocycles. The number of carbonyl (C=O) groups excluding carboxylic acids is 1. The molecule has 0 amide bonds. The van der Waals surface area contributed by atoms with Crippen LogP contribution < -0.4 is 5.32 Å². The summed E-state index contributed by atoms with van der Waals surface area (Å²) < 4.78 is 10.1. The van der Waals surface area contributed by atoms with Crippen LogP contribution in [0.4, 0.5) is 0 Å². The fourth-order valence-electron chi connectivity index (χ4n) is 1.42. The monoisotopic (exact) mass is 214 g/mol. The Morgan fingerprint density at radius 1 is 1.53 bits per heavy atom. The number of esters is 1. The smallest absolute Gasteiger partial charge is 0.334 e. The number of nitrogens with zero attached hydrogens (tertiary/aromatic N) is 1. The fourth-order valence-corrected chi connectivity index (χ4v) is 1.42. The summed E-state index contributed by atoms with van der Waals surface area (Å²) in [7, 11) is 1.79. The van der Waals surface area contributed by atoms with Gasteiger partial charge in [0, 0.05) is 20.1 Å². The van der Waals surface area contributed by atoms with Gasteiger partial charge >= 0.3 is 5.97 Å². The molecule has 1 N–H and O–H groups in total. The Bertz CT molecular complexity index is 235. The van der Waals surface area contributed by atoms with E-state index in [0.29, 0.717) is 19.8 Å². The topological polar surface area (TPSA) is 50.8 Å². The summed E-state index contributed by atoms with van der Waals surface area (Å²) in [6, 6.07) is 0. The molecule has 0 atom stereocenters. The van der Waals surface area contributed by atoms with Crippen molar-refractivity contribution in [3.63, 3.8) is 0 Å². The third-order valence-electron chi connectivity index (χ3n) is 2.15. The Morgan fingerprint density at radius 3 is 2.73 bits per heavy atom. The van der Waals surface area contributed by atoms with Gasteiger partial charge < -0.3 is 19.7 Å². The molecule has 0 bridgehead atoms. The van der Waals surface area contributed by atoms with Gasteiger partial charge in [-0.15, -0.1) is 0 Å². The molecule has 1 aliphatic rings. The van der Waals surface area contributed by atoms with Crippen molar-refractivity contribution in [1.82, 2.24) is 10.2 Å². The normalized spacial score (nSPS) is 17.5. The van der Waals surface area contributed by atoms with Crippen molar-refractivity contribution in [1.29, 1.82) is 0 Å². The number of ether oxygens (including phenoxy) is 2. The summed E-state index contributed by atoms with van der Waals surface area (Å²) in [5, 5.41) is 2.99. The van der Waals surface area contributed by atoms with Gasteiger partial charge in [0.25, 0.3) is 0 Å². The molecule has 15 heavy (non-hydrogen) atoms. The SMILES string of the molecule is CCOC(=O)/C=C(\NC)N1CCOCC1. The highest BCUT2D eigenvalue weighted by Gasteiger charge is 2.13. The molecule has 0 aromatic carbocycles. The average Bonchev–Trinajstić information content (AvgIpc) is 2.27. The van der Waals surface area contributed by atoms with E-state index in [1.807, 2.05) is 0 Å². The molecule has 1 aliphatic heterocycles. The zero-order chi connectivity index (χ0) is 11.1. The predicted molar refractivity (Wildman–Crippen MR) is 56.2 cm³/mol. The highest BCUT2D eigenvalue weighted by atomic mass is 16.5. The van der Waals surface area contributed by atoms with Crippen molar-refractivity contribution in [3.8, 4) is 0 Å². The van der Waals surface area contributed by atoms with Crippen LogP contribution in [0.2, 0.25) is 0 Å². The maximum Gasteiger partial charge on any atom is 0.334 e. The van der Waals surface area contributed by atoms with Crippen LogP contribution in [0.1, 0.15) is 6.92 Å². The first-order chi connectivity index (χ1) is 7.27. The number of rotatable bonds is 4. The van der Waals surface area contributed by atoms with Crippen molar-refractivity contribution in [2.45, 2.75) is 6.92 Å². The van der Waals surface area contributed by atoms with Crippen molar-refractivity contribution in [3.05, 3.63) is 11.9 Å². The molecule has 5 heteroatoms. The Morgan fingerprint density at radius 2 is 2.20 bits per heavy atom. The summed E-state index contributed by atoms with van der Waals surface area (Å²) in [4.78, 5) is 13.3. The largest absolute Gasteiger partial charge is 0.463 e. The second-order valence-corrected chi connectivity index (χ2v) is 3.13. The molecule has 1 heterocycles. The molecule has 0 unspecified atom stereocenters. The van der Waals surface area contributed by atoms with Crippen molar-refractivity contribution in [2.75, 3.05) is 40.0 Å². The molecule has 0 saturated carbocycles. The minimum Gasteiger partial charge on any atom is -0.463 e. The summed E-state index contributed by atoms with van der Waals surface area (Å²) in [6.45, 7) is 5.18. The number of nitrogens with one attached hydrogen (secondary N) is 1. The minimum absolute atomic E-state index is 0.312. The lowest BCUT2D eigenvalue weighted by Crippen LogP contribution is -2.39. The Balaban J connectivity index is 2.55. The Kier molecular flexibility index (Phi) is 4.97. The molecule has 1 rings (SSSR count). The molecule has 1 saturated heterocycles. The van der Waals surface area contributed by atoms with Crippen molar-refractivity contribution in [2.24, 2.45) is 0 Å². The van der Waals surface area contributed by atoms with Crippen LogP contribution in [-0.4, -0.2) is 50.8 Å². The van der Waals surface area contributed by atoms with Gasteiger partial charge in [-0.1, -0.05) is 0 Å². The molecule has 5 nitrogen and oxygen atoms in total. The van der Waals surface area contributed by atoms with Gasteiger partial charge in [0.05, 0.1) is 25.9 Å². The van der Waals surface area contributed by atoms with Crippen molar-refractivity contribution >= 4 is 5.97 Å². The molecule has 0 spiro atoms. The molecule has 0 radical (unpaired) electrons. The van der Waals surface area contributed by atoms with E-state index >= 15 is 0 Å². The predicted octanol–water partition coefficient (Wildman–Crippen LogP) is -0.0575. The van der Waals surface area contributed by atoms with E-state index in [0.717, 1.165) is 18.9 Å². The summed E-state index contributed by atoms with van der Waals surface area (Å²) >= 11 is 0. The van der Waals surface area contributed by atoms with E-state index in [-0.39, 0.29) is 5.97 Å². The first-order valence-corrected chi connectivity index (χ1v) is 5.16. The third kappa shape index (κ3) is 3.79. The van der Waals surface area contributed by atoms with E-state index in [2.05, 4.69) is 10.2 Å².